The van der Waals surface area contributed by atoms with Gasteiger partial charge in [0.25, 0.3) is 5.56 Å². The molecule has 4 rings (SSSR count). The third-order valence-corrected chi connectivity index (χ3v) is 6.08. The van der Waals surface area contributed by atoms with Crippen LogP contribution in [0.5, 0.6) is 0 Å². The predicted molar refractivity (Wildman–Crippen MR) is 130 cm³/mol. The minimum Gasteiger partial charge on any atom is -0.444 e. The van der Waals surface area contributed by atoms with Crippen LogP contribution in [0.2, 0.25) is 5.02 Å². The Morgan fingerprint density at radius 1 is 1.32 bits per heavy atom. The molecule has 1 atom stereocenters. The van der Waals surface area contributed by atoms with Crippen LogP contribution < -0.4 is 15.8 Å². The number of benzene rings is 1. The summed E-state index contributed by atoms with van der Waals surface area (Å²) in [7, 11) is 1.68. The minimum atomic E-state index is -0.587. The summed E-state index contributed by atoms with van der Waals surface area (Å²) in [4.78, 5) is 32.1. The fourth-order valence-electron chi connectivity index (χ4n) is 4.19. The summed E-state index contributed by atoms with van der Waals surface area (Å²) in [6.07, 6.45) is 2.83. The molecule has 0 bridgehead atoms. The molecule has 0 saturated carbocycles. The van der Waals surface area contributed by atoms with Gasteiger partial charge in [-0.15, -0.1) is 0 Å². The molecular formula is C24H29ClFN5O3. The summed E-state index contributed by atoms with van der Waals surface area (Å²) in [5.41, 5.74) is 0.727. The molecule has 1 saturated heterocycles. The zero-order valence-electron chi connectivity index (χ0n) is 19.8. The predicted octanol–water partition coefficient (Wildman–Crippen LogP) is 4.07. The number of carbonyl (C=O) groups excluding carboxylic acids is 1. The number of piperidine rings is 1. The van der Waals surface area contributed by atoms with Gasteiger partial charge in [-0.1, -0.05) is 11.6 Å². The number of pyridine rings is 1. The Morgan fingerprint density at radius 3 is 2.82 bits per heavy atom. The summed E-state index contributed by atoms with van der Waals surface area (Å²) < 4.78 is 22.6. The van der Waals surface area contributed by atoms with Crippen LogP contribution in [0.15, 0.2) is 35.3 Å². The molecule has 0 aliphatic carbocycles. The van der Waals surface area contributed by atoms with Crippen LogP contribution in [-0.2, 0) is 18.3 Å². The van der Waals surface area contributed by atoms with E-state index in [1.54, 1.807) is 23.9 Å². The van der Waals surface area contributed by atoms with Crippen molar-refractivity contribution in [2.45, 2.75) is 51.8 Å². The summed E-state index contributed by atoms with van der Waals surface area (Å²) in [6.45, 7) is 6.84. The molecule has 182 valence electrons. The van der Waals surface area contributed by atoms with E-state index in [4.69, 9.17) is 21.3 Å². The number of halogens is 2. The smallest absolute Gasteiger partial charge is 0.407 e. The van der Waals surface area contributed by atoms with E-state index in [2.05, 4.69) is 5.32 Å². The highest BCUT2D eigenvalue weighted by molar-refractivity contribution is 6.31. The highest BCUT2D eigenvalue weighted by Gasteiger charge is 2.28. The number of hydrogen-bond donors (Lipinski definition) is 1. The van der Waals surface area contributed by atoms with Gasteiger partial charge in [0.2, 0.25) is 5.95 Å². The van der Waals surface area contributed by atoms with Gasteiger partial charge >= 0.3 is 6.09 Å². The lowest BCUT2D eigenvalue weighted by molar-refractivity contribution is 0.0500. The number of aromatic nitrogens is 3. The largest absolute Gasteiger partial charge is 0.444 e. The highest BCUT2D eigenvalue weighted by atomic mass is 35.5. The molecule has 8 nitrogen and oxygen atoms in total. The van der Waals surface area contributed by atoms with Gasteiger partial charge in [-0.05, 0) is 63.4 Å². The molecule has 1 N–H and O–H groups in total. The highest BCUT2D eigenvalue weighted by Crippen LogP contribution is 2.27. The van der Waals surface area contributed by atoms with Crippen LogP contribution in [0.25, 0.3) is 11.0 Å². The maximum absolute atomic E-state index is 14.0. The van der Waals surface area contributed by atoms with E-state index >= 15 is 0 Å². The van der Waals surface area contributed by atoms with Crippen molar-refractivity contribution in [3.8, 4) is 0 Å². The second kappa shape index (κ2) is 9.29. The lowest BCUT2D eigenvalue weighted by atomic mass is 10.1. The van der Waals surface area contributed by atoms with Crippen molar-refractivity contribution in [2.24, 2.45) is 7.05 Å². The Labute approximate surface area is 202 Å². The van der Waals surface area contributed by atoms with Gasteiger partial charge in [-0.25, -0.2) is 14.2 Å². The second-order valence-electron chi connectivity index (χ2n) is 9.63. The molecule has 1 aliphatic heterocycles. The van der Waals surface area contributed by atoms with Crippen molar-refractivity contribution in [1.82, 2.24) is 19.4 Å². The molecule has 0 unspecified atom stereocenters. The standard InChI is InChI=1S/C24H29ClFN5O3/c1-24(2,3)34-23(33)27-17-6-5-10-30(14-17)22-28-19-9-11-29(4)21(32)20(19)31(22)13-15-12-16(26)7-8-18(15)25/h7-9,11-12,17H,5-6,10,13-14H2,1-4H3,(H,27,33)/t17-/m1/s1. The summed E-state index contributed by atoms with van der Waals surface area (Å²) in [5, 5.41) is 3.35. The van der Waals surface area contributed by atoms with E-state index in [0.717, 1.165) is 12.8 Å². The maximum atomic E-state index is 14.0. The first-order chi connectivity index (χ1) is 16.0. The van der Waals surface area contributed by atoms with Crippen molar-refractivity contribution in [3.05, 3.63) is 57.2 Å². The molecule has 0 spiro atoms. The first-order valence-electron chi connectivity index (χ1n) is 11.3. The van der Waals surface area contributed by atoms with E-state index in [1.807, 2.05) is 25.7 Å². The molecular weight excluding hydrogens is 461 g/mol. The van der Waals surface area contributed by atoms with Crippen LogP contribution >= 0.6 is 11.6 Å². The van der Waals surface area contributed by atoms with E-state index in [9.17, 15) is 14.0 Å². The first-order valence-corrected chi connectivity index (χ1v) is 11.6. The van der Waals surface area contributed by atoms with Gasteiger partial charge in [-0.3, -0.25) is 4.79 Å². The number of carbonyl (C=O) groups is 1. The van der Waals surface area contributed by atoms with Crippen molar-refractivity contribution in [3.63, 3.8) is 0 Å². The molecule has 1 fully saturated rings. The molecule has 34 heavy (non-hydrogen) atoms. The molecule has 3 aromatic rings. The van der Waals surface area contributed by atoms with Gasteiger partial charge in [0.1, 0.15) is 16.9 Å². The van der Waals surface area contributed by atoms with E-state index in [1.165, 1.54) is 22.8 Å². The van der Waals surface area contributed by atoms with E-state index in [0.29, 0.717) is 40.7 Å². The monoisotopic (exact) mass is 489 g/mol. The zero-order valence-corrected chi connectivity index (χ0v) is 20.5. The Hall–Kier alpha value is -3.07. The number of rotatable bonds is 4. The van der Waals surface area contributed by atoms with Crippen LogP contribution in [-0.4, -0.2) is 44.9 Å². The Bertz CT molecular complexity index is 1280. The Kier molecular flexibility index (Phi) is 6.58. The molecule has 1 amide bonds. The third kappa shape index (κ3) is 5.19. The lowest BCUT2D eigenvalue weighted by Gasteiger charge is -2.34. The topological polar surface area (TPSA) is 81.4 Å². The number of imidazole rings is 1. The first kappa shape index (κ1) is 24.1. The number of fused-ring (bicyclic) bond motifs is 1. The van der Waals surface area contributed by atoms with Crippen molar-refractivity contribution in [1.29, 1.82) is 0 Å². The number of nitrogens with one attached hydrogen (secondary N) is 1. The van der Waals surface area contributed by atoms with Gasteiger partial charge in [0, 0.05) is 37.4 Å². The van der Waals surface area contributed by atoms with Crippen molar-refractivity contribution >= 4 is 34.7 Å². The van der Waals surface area contributed by atoms with E-state index < -0.39 is 17.5 Å². The summed E-state index contributed by atoms with van der Waals surface area (Å²) >= 11 is 6.35. The number of amides is 1. The molecule has 2 aromatic heterocycles. The van der Waals surface area contributed by atoms with Crippen molar-refractivity contribution < 1.29 is 13.9 Å². The average molecular weight is 490 g/mol. The SMILES string of the molecule is Cn1ccc2nc(N3CCC[C@@H](NC(=O)OC(C)(C)C)C3)n(Cc3cc(F)ccc3Cl)c2c1=O. The van der Waals surface area contributed by atoms with Crippen LogP contribution in [0, 0.1) is 5.82 Å². The van der Waals surface area contributed by atoms with Crippen LogP contribution in [0.4, 0.5) is 15.1 Å². The number of aryl methyl sites for hydroxylation is 1. The Morgan fingerprint density at radius 2 is 2.09 bits per heavy atom. The molecule has 10 heteroatoms. The van der Waals surface area contributed by atoms with Gasteiger partial charge in [0.15, 0.2) is 0 Å². The summed E-state index contributed by atoms with van der Waals surface area (Å²) in [5.74, 6) is 0.173. The Balaban J connectivity index is 1.70. The fraction of sp³-hybridized carbons (Fsp3) is 0.458. The number of nitrogens with zero attached hydrogens (tertiary/aromatic N) is 4. The van der Waals surface area contributed by atoms with E-state index in [-0.39, 0.29) is 18.1 Å². The van der Waals surface area contributed by atoms with Crippen molar-refractivity contribution in [2.75, 3.05) is 18.0 Å². The fourth-order valence-corrected chi connectivity index (χ4v) is 4.37. The number of hydrogen-bond acceptors (Lipinski definition) is 5. The summed E-state index contributed by atoms with van der Waals surface area (Å²) in [6, 6.07) is 5.82. The third-order valence-electron chi connectivity index (χ3n) is 5.71. The van der Waals surface area contributed by atoms with Gasteiger partial charge in [-0.2, -0.15) is 0 Å². The normalized spacial score (nSPS) is 16.6. The minimum absolute atomic E-state index is 0.141. The molecule has 1 aliphatic rings. The van der Waals surface area contributed by atoms with Crippen LogP contribution in [0.1, 0.15) is 39.2 Å². The number of alkyl carbamates (subject to hydrolysis) is 1. The van der Waals surface area contributed by atoms with Gasteiger partial charge < -0.3 is 24.1 Å². The van der Waals surface area contributed by atoms with Crippen LogP contribution in [0.3, 0.4) is 0 Å². The zero-order chi connectivity index (χ0) is 24.6. The molecule has 1 aromatic carbocycles. The average Bonchev–Trinajstić information content (AvgIpc) is 3.11. The number of ether oxygens (including phenoxy) is 1. The lowest BCUT2D eigenvalue weighted by Crippen LogP contribution is -2.49. The quantitative estimate of drug-likeness (QED) is 0.597. The number of anilines is 1. The molecule has 0 radical (unpaired) electrons. The maximum Gasteiger partial charge on any atom is 0.407 e. The van der Waals surface area contributed by atoms with Gasteiger partial charge in [0.05, 0.1) is 12.1 Å². The second-order valence-corrected chi connectivity index (χ2v) is 10.0. The molecule has 3 heterocycles.